The fourth-order valence-corrected chi connectivity index (χ4v) is 2.94. The van der Waals surface area contributed by atoms with Crippen molar-refractivity contribution in [2.75, 3.05) is 38.2 Å². The minimum Gasteiger partial charge on any atom is -0.469 e. The van der Waals surface area contributed by atoms with Gasteiger partial charge in [0.25, 0.3) is 0 Å². The Bertz CT molecular complexity index is 634. The van der Waals surface area contributed by atoms with E-state index in [1.165, 1.54) is 7.11 Å². The lowest BCUT2D eigenvalue weighted by molar-refractivity contribution is -0.139. The standard InChI is InChI=1S/C18H25ClN2O4/c1-18(2,3)25-17(23)21-10-8-20(9-11-21)14-7-5-6-13(16(14)19)12-15(22)24-4/h5-7H,8-12H2,1-4H3. The normalized spacial score (nSPS) is 15.1. The van der Waals surface area contributed by atoms with E-state index in [4.69, 9.17) is 21.1 Å². The molecular weight excluding hydrogens is 344 g/mol. The summed E-state index contributed by atoms with van der Waals surface area (Å²) in [5.74, 6) is -0.325. The number of anilines is 1. The van der Waals surface area contributed by atoms with Gasteiger partial charge in [-0.3, -0.25) is 4.79 Å². The molecule has 1 aromatic rings. The Balaban J connectivity index is 2.02. The van der Waals surface area contributed by atoms with Gasteiger partial charge >= 0.3 is 12.1 Å². The average molecular weight is 369 g/mol. The van der Waals surface area contributed by atoms with Crippen LogP contribution in [0.25, 0.3) is 0 Å². The molecule has 1 aliphatic rings. The first-order valence-electron chi connectivity index (χ1n) is 8.28. The number of esters is 1. The molecule has 0 radical (unpaired) electrons. The average Bonchev–Trinajstić information content (AvgIpc) is 2.55. The molecule has 1 aromatic carbocycles. The molecule has 0 unspecified atom stereocenters. The Kier molecular flexibility index (Phi) is 6.16. The fraction of sp³-hybridized carbons (Fsp3) is 0.556. The number of carbonyl (C=O) groups excluding carboxylic acids is 2. The Labute approximate surface area is 153 Å². The van der Waals surface area contributed by atoms with Gasteiger partial charge in [-0.1, -0.05) is 23.7 Å². The molecule has 7 heteroatoms. The lowest BCUT2D eigenvalue weighted by Gasteiger charge is -2.37. The van der Waals surface area contributed by atoms with E-state index in [9.17, 15) is 9.59 Å². The number of amides is 1. The van der Waals surface area contributed by atoms with Gasteiger partial charge in [0.1, 0.15) is 5.60 Å². The molecule has 6 nitrogen and oxygen atoms in total. The van der Waals surface area contributed by atoms with Crippen molar-refractivity contribution in [3.05, 3.63) is 28.8 Å². The zero-order chi connectivity index (χ0) is 18.6. The van der Waals surface area contributed by atoms with Crippen LogP contribution in [0.4, 0.5) is 10.5 Å². The second-order valence-electron chi connectivity index (χ2n) is 6.96. The molecule has 0 spiro atoms. The lowest BCUT2D eigenvalue weighted by Crippen LogP contribution is -2.50. The van der Waals surface area contributed by atoms with Crippen LogP contribution in [0.3, 0.4) is 0 Å². The third-order valence-corrected chi connectivity index (χ3v) is 4.33. The van der Waals surface area contributed by atoms with Crippen LogP contribution in [0, 0.1) is 0 Å². The fourth-order valence-electron chi connectivity index (χ4n) is 2.63. The minimum atomic E-state index is -0.500. The molecule has 0 atom stereocenters. The molecule has 0 N–H and O–H groups in total. The summed E-state index contributed by atoms with van der Waals surface area (Å²) in [6, 6.07) is 5.62. The summed E-state index contributed by atoms with van der Waals surface area (Å²) in [6.45, 7) is 8.00. The molecular formula is C18H25ClN2O4. The Morgan fingerprint density at radius 2 is 1.80 bits per heavy atom. The number of ether oxygens (including phenoxy) is 2. The molecule has 2 rings (SSSR count). The summed E-state index contributed by atoms with van der Waals surface area (Å²) >= 11 is 6.47. The number of hydrogen-bond donors (Lipinski definition) is 0. The van der Waals surface area contributed by atoms with Crippen LogP contribution in [-0.2, 0) is 20.7 Å². The Morgan fingerprint density at radius 1 is 1.16 bits per heavy atom. The molecule has 0 saturated carbocycles. The van der Waals surface area contributed by atoms with Gasteiger partial charge in [0.05, 0.1) is 24.2 Å². The van der Waals surface area contributed by atoms with E-state index in [2.05, 4.69) is 4.90 Å². The van der Waals surface area contributed by atoms with Crippen molar-refractivity contribution in [1.29, 1.82) is 0 Å². The number of halogens is 1. The molecule has 0 bridgehead atoms. The Morgan fingerprint density at radius 3 is 2.36 bits per heavy atom. The van der Waals surface area contributed by atoms with Crippen molar-refractivity contribution in [2.24, 2.45) is 0 Å². The van der Waals surface area contributed by atoms with Crippen LogP contribution in [0.1, 0.15) is 26.3 Å². The maximum Gasteiger partial charge on any atom is 0.410 e. The summed E-state index contributed by atoms with van der Waals surface area (Å²) in [5.41, 5.74) is 1.10. The first-order chi connectivity index (χ1) is 11.7. The molecule has 1 aliphatic heterocycles. The highest BCUT2D eigenvalue weighted by Gasteiger charge is 2.27. The van der Waals surface area contributed by atoms with Crippen LogP contribution >= 0.6 is 11.6 Å². The summed E-state index contributed by atoms with van der Waals surface area (Å²) in [5, 5.41) is 0.554. The van der Waals surface area contributed by atoms with Gasteiger partial charge in [-0.25, -0.2) is 4.79 Å². The largest absolute Gasteiger partial charge is 0.469 e. The molecule has 25 heavy (non-hydrogen) atoms. The number of hydrogen-bond acceptors (Lipinski definition) is 5. The summed E-state index contributed by atoms with van der Waals surface area (Å²) in [7, 11) is 1.36. The van der Waals surface area contributed by atoms with E-state index >= 15 is 0 Å². The number of benzene rings is 1. The predicted molar refractivity (Wildman–Crippen MR) is 97.2 cm³/mol. The van der Waals surface area contributed by atoms with Crippen LogP contribution < -0.4 is 4.90 Å². The quantitative estimate of drug-likeness (QED) is 0.767. The summed E-state index contributed by atoms with van der Waals surface area (Å²) in [4.78, 5) is 27.5. The molecule has 0 aromatic heterocycles. The Hall–Kier alpha value is -1.95. The maximum atomic E-state index is 12.1. The first-order valence-corrected chi connectivity index (χ1v) is 8.66. The van der Waals surface area contributed by atoms with Gasteiger partial charge in [0, 0.05) is 26.2 Å². The van der Waals surface area contributed by atoms with Gasteiger partial charge in [0.2, 0.25) is 0 Å². The third kappa shape index (κ3) is 5.26. The molecule has 1 amide bonds. The highest BCUT2D eigenvalue weighted by Crippen LogP contribution is 2.30. The topological polar surface area (TPSA) is 59.1 Å². The van der Waals surface area contributed by atoms with Crippen LogP contribution in [-0.4, -0.2) is 55.9 Å². The smallest absolute Gasteiger partial charge is 0.410 e. The summed E-state index contributed by atoms with van der Waals surface area (Å²) in [6.07, 6.45) is -0.154. The van der Waals surface area contributed by atoms with Gasteiger partial charge in [-0.05, 0) is 32.4 Å². The number of piperazine rings is 1. The van der Waals surface area contributed by atoms with Crippen molar-refractivity contribution in [3.8, 4) is 0 Å². The molecule has 1 saturated heterocycles. The van der Waals surface area contributed by atoms with Gasteiger partial charge in [0.15, 0.2) is 0 Å². The molecule has 1 fully saturated rings. The van der Waals surface area contributed by atoms with Crippen molar-refractivity contribution in [2.45, 2.75) is 32.8 Å². The highest BCUT2D eigenvalue weighted by molar-refractivity contribution is 6.34. The second kappa shape index (κ2) is 7.95. The van der Waals surface area contributed by atoms with Crippen molar-refractivity contribution >= 4 is 29.4 Å². The van der Waals surface area contributed by atoms with Crippen molar-refractivity contribution in [1.82, 2.24) is 4.90 Å². The van der Waals surface area contributed by atoms with Crippen LogP contribution in [0.2, 0.25) is 5.02 Å². The highest BCUT2D eigenvalue weighted by atomic mass is 35.5. The molecule has 1 heterocycles. The van der Waals surface area contributed by atoms with E-state index in [-0.39, 0.29) is 18.5 Å². The summed E-state index contributed by atoms with van der Waals surface area (Å²) < 4.78 is 10.1. The number of rotatable bonds is 3. The zero-order valence-electron chi connectivity index (χ0n) is 15.2. The predicted octanol–water partition coefficient (Wildman–Crippen LogP) is 3.11. The van der Waals surface area contributed by atoms with Crippen LogP contribution in [0.15, 0.2) is 18.2 Å². The zero-order valence-corrected chi connectivity index (χ0v) is 15.9. The molecule has 0 aliphatic carbocycles. The van der Waals surface area contributed by atoms with Crippen LogP contribution in [0.5, 0.6) is 0 Å². The third-order valence-electron chi connectivity index (χ3n) is 3.89. The monoisotopic (exact) mass is 368 g/mol. The van der Waals surface area contributed by atoms with E-state index in [0.29, 0.717) is 31.2 Å². The van der Waals surface area contributed by atoms with Crippen molar-refractivity contribution in [3.63, 3.8) is 0 Å². The number of methoxy groups -OCH3 is 1. The van der Waals surface area contributed by atoms with E-state index in [1.54, 1.807) is 4.90 Å². The van der Waals surface area contributed by atoms with E-state index < -0.39 is 5.60 Å². The number of carbonyl (C=O) groups is 2. The first kappa shape index (κ1) is 19.4. The maximum absolute atomic E-state index is 12.1. The SMILES string of the molecule is COC(=O)Cc1cccc(N2CCN(C(=O)OC(C)(C)C)CC2)c1Cl. The van der Waals surface area contributed by atoms with Crippen molar-refractivity contribution < 1.29 is 19.1 Å². The molecule has 138 valence electrons. The van der Waals surface area contributed by atoms with E-state index in [1.807, 2.05) is 39.0 Å². The van der Waals surface area contributed by atoms with Gasteiger partial charge < -0.3 is 19.3 Å². The second-order valence-corrected chi connectivity index (χ2v) is 7.34. The van der Waals surface area contributed by atoms with E-state index in [0.717, 1.165) is 11.3 Å². The lowest BCUT2D eigenvalue weighted by atomic mass is 10.1. The number of nitrogens with zero attached hydrogens (tertiary/aromatic N) is 2. The van der Waals surface area contributed by atoms with Gasteiger partial charge in [-0.2, -0.15) is 0 Å². The minimum absolute atomic E-state index is 0.140. The van der Waals surface area contributed by atoms with Gasteiger partial charge in [-0.15, -0.1) is 0 Å².